The van der Waals surface area contributed by atoms with Gasteiger partial charge in [-0.05, 0) is 24.2 Å². The lowest BCUT2D eigenvalue weighted by atomic mass is 10.3. The van der Waals surface area contributed by atoms with Crippen LogP contribution in [0, 0.1) is 0 Å². The fraction of sp³-hybridized carbons (Fsp3) is 0. The molecule has 42 valence electrons. The predicted molar refractivity (Wildman–Crippen MR) is 29.8 cm³/mol. The lowest BCUT2D eigenvalue weighted by Gasteiger charge is -1.88. The Balaban J connectivity index is 3.46. The maximum Gasteiger partial charge on any atom is 0.115 e. The van der Waals surface area contributed by atoms with Crippen LogP contribution < -0.4 is 0 Å². The Morgan fingerprint density at radius 2 is 1.75 bits per heavy atom. The fourth-order valence-electron chi connectivity index (χ4n) is 0.332. The van der Waals surface area contributed by atoms with Gasteiger partial charge < -0.3 is 10.2 Å². The number of aromatic hydroxyl groups is 2. The average molecular weight is 113 g/mol. The van der Waals surface area contributed by atoms with E-state index in [0.717, 1.165) is 6.07 Å². The molecule has 0 atom stereocenters. The van der Waals surface area contributed by atoms with E-state index in [4.69, 9.17) is 14.3 Å². The molecule has 8 heavy (non-hydrogen) atoms. The van der Waals surface area contributed by atoms with Crippen LogP contribution in [0.2, 0.25) is 0 Å². The zero-order valence-corrected chi connectivity index (χ0v) is 3.97. The largest absolute Gasteiger partial charge is 0.508 e. The standard InChI is InChI=1S/C6H6O2/c7-5-1-2-6(8)4-3-5/h1-4,7-8H/i1D,2D,3D. The number of rotatable bonds is 0. The molecule has 2 nitrogen and oxygen atoms in total. The van der Waals surface area contributed by atoms with Crippen molar-refractivity contribution in [3.8, 4) is 11.5 Å². The van der Waals surface area contributed by atoms with Gasteiger partial charge in [-0.2, -0.15) is 0 Å². The van der Waals surface area contributed by atoms with Crippen molar-refractivity contribution in [1.82, 2.24) is 0 Å². The maximum absolute atomic E-state index is 8.91. The summed E-state index contributed by atoms with van der Waals surface area (Å²) in [6, 6.07) is -0.396. The molecule has 0 saturated carbocycles. The number of benzene rings is 1. The van der Waals surface area contributed by atoms with Crippen molar-refractivity contribution in [3.05, 3.63) is 24.2 Å². The van der Waals surface area contributed by atoms with E-state index >= 15 is 0 Å². The van der Waals surface area contributed by atoms with Crippen LogP contribution in [0.4, 0.5) is 0 Å². The Morgan fingerprint density at radius 3 is 2.50 bits per heavy atom. The molecule has 0 amide bonds. The van der Waals surface area contributed by atoms with Crippen LogP contribution in [0.25, 0.3) is 0 Å². The molecule has 0 spiro atoms. The van der Waals surface area contributed by atoms with Crippen molar-refractivity contribution in [1.29, 1.82) is 0 Å². The highest BCUT2D eigenvalue weighted by Gasteiger charge is 1.84. The van der Waals surface area contributed by atoms with Crippen LogP contribution in [0.1, 0.15) is 4.11 Å². The highest BCUT2D eigenvalue weighted by Crippen LogP contribution is 2.13. The van der Waals surface area contributed by atoms with Crippen molar-refractivity contribution < 1.29 is 14.3 Å². The first-order valence-corrected chi connectivity index (χ1v) is 2.02. The third-order valence-electron chi connectivity index (χ3n) is 0.655. The first-order valence-electron chi connectivity index (χ1n) is 3.52. The minimum Gasteiger partial charge on any atom is -0.508 e. The van der Waals surface area contributed by atoms with Crippen molar-refractivity contribution in [2.45, 2.75) is 0 Å². The van der Waals surface area contributed by atoms with Gasteiger partial charge >= 0.3 is 0 Å². The zero-order valence-electron chi connectivity index (χ0n) is 6.97. The van der Waals surface area contributed by atoms with Gasteiger partial charge in [0.1, 0.15) is 11.5 Å². The first-order chi connectivity index (χ1) is 5.04. The molecule has 0 fully saturated rings. The molecular weight excluding hydrogens is 104 g/mol. The normalized spacial score (nSPS) is 14.2. The van der Waals surface area contributed by atoms with Crippen LogP contribution in [-0.2, 0) is 0 Å². The second kappa shape index (κ2) is 1.74. The summed E-state index contributed by atoms with van der Waals surface area (Å²) in [6.45, 7) is 0. The highest BCUT2D eigenvalue weighted by molar-refractivity contribution is 5.28. The quantitative estimate of drug-likeness (QED) is 0.494. The Hall–Kier alpha value is -1.18. The molecule has 0 aliphatic rings. The van der Waals surface area contributed by atoms with E-state index in [1.807, 2.05) is 0 Å². The minimum absolute atomic E-state index is 0.344. The van der Waals surface area contributed by atoms with E-state index < -0.39 is 23.6 Å². The summed E-state index contributed by atoms with van der Waals surface area (Å²) in [5, 5.41) is 17.8. The Kier molecular flexibility index (Phi) is 0.520. The molecule has 0 unspecified atom stereocenters. The molecule has 1 aromatic carbocycles. The smallest absolute Gasteiger partial charge is 0.115 e. The van der Waals surface area contributed by atoms with E-state index in [2.05, 4.69) is 0 Å². The summed E-state index contributed by atoms with van der Waals surface area (Å²) in [5.74, 6) is -1.04. The van der Waals surface area contributed by atoms with Crippen molar-refractivity contribution >= 4 is 0 Å². The molecule has 2 heteroatoms. The number of hydrogen-bond donors (Lipinski definition) is 2. The van der Waals surface area contributed by atoms with Crippen molar-refractivity contribution in [3.63, 3.8) is 0 Å². The summed E-state index contributed by atoms with van der Waals surface area (Å²) in [4.78, 5) is 0. The summed E-state index contributed by atoms with van der Waals surface area (Å²) in [7, 11) is 0. The minimum atomic E-state index is -0.576. The van der Waals surface area contributed by atoms with Gasteiger partial charge in [-0.1, -0.05) is 0 Å². The average Bonchev–Trinajstić information content (AvgIpc) is 1.97. The molecule has 1 rings (SSSR count). The summed E-state index contributed by atoms with van der Waals surface area (Å²) in [6.07, 6.45) is 0. The number of phenolic OH excluding ortho intramolecular Hbond substituents is 2. The lowest BCUT2D eigenvalue weighted by Crippen LogP contribution is -1.61. The van der Waals surface area contributed by atoms with E-state index in [1.54, 1.807) is 0 Å². The predicted octanol–water partition coefficient (Wildman–Crippen LogP) is 1.10. The highest BCUT2D eigenvalue weighted by atomic mass is 16.3. The van der Waals surface area contributed by atoms with Crippen molar-refractivity contribution in [2.24, 2.45) is 0 Å². The molecule has 0 aliphatic heterocycles. The maximum atomic E-state index is 8.91. The van der Waals surface area contributed by atoms with Crippen molar-refractivity contribution in [2.75, 3.05) is 0 Å². The van der Waals surface area contributed by atoms with Crippen LogP contribution in [0.3, 0.4) is 0 Å². The van der Waals surface area contributed by atoms with Gasteiger partial charge in [0.15, 0.2) is 0 Å². The summed E-state index contributed by atoms with van der Waals surface area (Å²) >= 11 is 0. The molecule has 1 aromatic rings. The van der Waals surface area contributed by atoms with Gasteiger partial charge in [-0.15, -0.1) is 0 Å². The summed E-state index contributed by atoms with van der Waals surface area (Å²) < 4.78 is 21.0. The molecule has 0 heterocycles. The van der Waals surface area contributed by atoms with Gasteiger partial charge in [-0.3, -0.25) is 0 Å². The Labute approximate surface area is 51.2 Å². The Bertz CT molecular complexity index is 272. The third-order valence-corrected chi connectivity index (χ3v) is 0.655. The lowest BCUT2D eigenvalue weighted by molar-refractivity contribution is 0.460. The van der Waals surface area contributed by atoms with Gasteiger partial charge in [0.25, 0.3) is 0 Å². The van der Waals surface area contributed by atoms with Crippen LogP contribution in [-0.4, -0.2) is 10.2 Å². The molecule has 0 aromatic heterocycles. The zero-order chi connectivity index (χ0) is 8.59. The monoisotopic (exact) mass is 113 g/mol. The SMILES string of the molecule is [2H]c1cc(O)c([2H])c([2H])c1O. The van der Waals surface area contributed by atoms with E-state index in [1.165, 1.54) is 0 Å². The second-order valence-corrected chi connectivity index (χ2v) is 1.27. The number of phenols is 2. The molecule has 0 bridgehead atoms. The van der Waals surface area contributed by atoms with Gasteiger partial charge in [0, 0.05) is 0 Å². The van der Waals surface area contributed by atoms with Crippen LogP contribution in [0.5, 0.6) is 11.5 Å². The van der Waals surface area contributed by atoms with E-state index in [0.29, 0.717) is 0 Å². The molecule has 0 radical (unpaired) electrons. The number of hydrogen-bond acceptors (Lipinski definition) is 2. The molecular formula is C6H6O2. The van der Waals surface area contributed by atoms with Gasteiger partial charge in [0.05, 0.1) is 4.11 Å². The third kappa shape index (κ3) is 0.904. The first kappa shape index (κ1) is 2.40. The van der Waals surface area contributed by atoms with Crippen LogP contribution >= 0.6 is 0 Å². The van der Waals surface area contributed by atoms with E-state index in [9.17, 15) is 0 Å². The topological polar surface area (TPSA) is 40.5 Å². The summed E-state index contributed by atoms with van der Waals surface area (Å²) in [5.41, 5.74) is 0. The molecule has 0 aliphatic carbocycles. The molecule has 2 N–H and O–H groups in total. The fourth-order valence-corrected chi connectivity index (χ4v) is 0.332. The molecule has 0 saturated heterocycles. The van der Waals surface area contributed by atoms with E-state index in [-0.39, 0.29) is 6.04 Å². The van der Waals surface area contributed by atoms with Gasteiger partial charge in [0.2, 0.25) is 0 Å². The second-order valence-electron chi connectivity index (χ2n) is 1.27. The van der Waals surface area contributed by atoms with Gasteiger partial charge in [-0.25, -0.2) is 0 Å². The van der Waals surface area contributed by atoms with Crippen LogP contribution in [0.15, 0.2) is 24.2 Å². The Morgan fingerprint density at radius 1 is 1.12 bits per heavy atom.